The second-order valence-electron chi connectivity index (χ2n) is 3.81. The van der Waals surface area contributed by atoms with E-state index in [1.165, 1.54) is 0 Å². The van der Waals surface area contributed by atoms with Gasteiger partial charge in [-0.3, -0.25) is 4.90 Å². The standard InChI is InChI=1S/C11H14ClN3O/c1-14(4-5-16)7-10-8-15-6-9(12)2-3-11(15)13-10/h2-3,6,8,16H,4-5,7H2,1H3. The van der Waals surface area contributed by atoms with Crippen molar-refractivity contribution in [1.82, 2.24) is 14.3 Å². The van der Waals surface area contributed by atoms with Gasteiger partial charge in [0.25, 0.3) is 0 Å². The summed E-state index contributed by atoms with van der Waals surface area (Å²) in [5.41, 5.74) is 1.86. The van der Waals surface area contributed by atoms with Crippen LogP contribution in [0.25, 0.3) is 5.65 Å². The summed E-state index contributed by atoms with van der Waals surface area (Å²) in [4.78, 5) is 6.47. The number of hydrogen-bond donors (Lipinski definition) is 1. The van der Waals surface area contributed by atoms with E-state index in [4.69, 9.17) is 16.7 Å². The SMILES string of the molecule is CN(CCO)Cc1cn2cc(Cl)ccc2n1. The van der Waals surface area contributed by atoms with Crippen LogP contribution in [0.3, 0.4) is 0 Å². The maximum Gasteiger partial charge on any atom is 0.137 e. The largest absolute Gasteiger partial charge is 0.395 e. The fourth-order valence-corrected chi connectivity index (χ4v) is 1.79. The Kier molecular flexibility index (Phi) is 3.43. The molecule has 5 heteroatoms. The molecule has 0 aliphatic heterocycles. The summed E-state index contributed by atoms with van der Waals surface area (Å²) in [5, 5.41) is 9.50. The lowest BCUT2D eigenvalue weighted by Crippen LogP contribution is -2.21. The minimum Gasteiger partial charge on any atom is -0.395 e. The lowest BCUT2D eigenvalue weighted by atomic mass is 10.4. The molecule has 2 rings (SSSR count). The molecule has 0 saturated heterocycles. The molecular formula is C11H14ClN3O. The van der Waals surface area contributed by atoms with Gasteiger partial charge in [-0.1, -0.05) is 11.6 Å². The molecule has 2 heterocycles. The first kappa shape index (κ1) is 11.4. The topological polar surface area (TPSA) is 40.8 Å². The number of aliphatic hydroxyl groups is 1. The molecule has 2 aromatic heterocycles. The molecule has 1 N–H and O–H groups in total. The van der Waals surface area contributed by atoms with Gasteiger partial charge in [-0.25, -0.2) is 4.98 Å². The van der Waals surface area contributed by atoms with Crippen LogP contribution < -0.4 is 0 Å². The van der Waals surface area contributed by atoms with Crippen LogP contribution in [0.4, 0.5) is 0 Å². The van der Waals surface area contributed by atoms with Crippen molar-refractivity contribution < 1.29 is 5.11 Å². The van der Waals surface area contributed by atoms with Crippen molar-refractivity contribution in [2.45, 2.75) is 6.54 Å². The van der Waals surface area contributed by atoms with E-state index in [1.54, 1.807) is 0 Å². The molecular weight excluding hydrogens is 226 g/mol. The van der Waals surface area contributed by atoms with Gasteiger partial charge in [0.1, 0.15) is 5.65 Å². The predicted molar refractivity (Wildman–Crippen MR) is 63.6 cm³/mol. The molecule has 0 aliphatic carbocycles. The van der Waals surface area contributed by atoms with Crippen molar-refractivity contribution in [3.05, 3.63) is 35.2 Å². The van der Waals surface area contributed by atoms with Crippen LogP contribution in [-0.4, -0.2) is 39.6 Å². The first-order valence-electron chi connectivity index (χ1n) is 5.11. The summed E-state index contributed by atoms with van der Waals surface area (Å²) < 4.78 is 1.91. The Morgan fingerprint density at radius 1 is 1.44 bits per heavy atom. The number of halogens is 1. The number of fused-ring (bicyclic) bond motifs is 1. The van der Waals surface area contributed by atoms with E-state index in [-0.39, 0.29) is 6.61 Å². The lowest BCUT2D eigenvalue weighted by Gasteiger charge is -2.12. The van der Waals surface area contributed by atoms with E-state index < -0.39 is 0 Å². The van der Waals surface area contributed by atoms with Gasteiger partial charge in [0, 0.05) is 25.5 Å². The molecule has 0 atom stereocenters. The molecule has 0 aromatic carbocycles. The van der Waals surface area contributed by atoms with Crippen LogP contribution >= 0.6 is 11.6 Å². The molecule has 0 unspecified atom stereocenters. The number of aliphatic hydroxyl groups excluding tert-OH is 1. The molecule has 0 radical (unpaired) electrons. The molecule has 2 aromatic rings. The number of pyridine rings is 1. The highest BCUT2D eigenvalue weighted by atomic mass is 35.5. The number of hydrogen-bond acceptors (Lipinski definition) is 3. The number of rotatable bonds is 4. The van der Waals surface area contributed by atoms with Gasteiger partial charge in [-0.15, -0.1) is 0 Å². The Morgan fingerprint density at radius 3 is 3.00 bits per heavy atom. The fourth-order valence-electron chi connectivity index (χ4n) is 1.62. The van der Waals surface area contributed by atoms with E-state index in [9.17, 15) is 0 Å². The molecule has 0 aliphatic rings. The Labute approximate surface area is 99.1 Å². The maximum atomic E-state index is 8.81. The molecule has 0 bridgehead atoms. The van der Waals surface area contributed by atoms with Crippen LogP contribution in [0.15, 0.2) is 24.5 Å². The Bertz CT molecular complexity index is 483. The van der Waals surface area contributed by atoms with E-state index in [0.717, 1.165) is 17.9 Å². The third kappa shape index (κ3) is 2.52. The summed E-state index contributed by atoms with van der Waals surface area (Å²) >= 11 is 5.89. The molecule has 4 nitrogen and oxygen atoms in total. The third-order valence-electron chi connectivity index (χ3n) is 2.38. The van der Waals surface area contributed by atoms with Crippen molar-refractivity contribution in [2.24, 2.45) is 0 Å². The van der Waals surface area contributed by atoms with Crippen LogP contribution in [0, 0.1) is 0 Å². The number of aromatic nitrogens is 2. The predicted octanol–water partition coefficient (Wildman–Crippen LogP) is 1.41. The van der Waals surface area contributed by atoms with E-state index in [1.807, 2.05) is 40.9 Å². The molecule has 86 valence electrons. The summed E-state index contributed by atoms with van der Waals surface area (Å²) in [6, 6.07) is 3.71. The van der Waals surface area contributed by atoms with Crippen molar-refractivity contribution in [3.8, 4) is 0 Å². The molecule has 0 fully saturated rings. The average molecular weight is 240 g/mol. The van der Waals surface area contributed by atoms with Crippen molar-refractivity contribution >= 4 is 17.2 Å². The monoisotopic (exact) mass is 239 g/mol. The maximum absolute atomic E-state index is 8.81. The average Bonchev–Trinajstić information content (AvgIpc) is 2.59. The van der Waals surface area contributed by atoms with Crippen molar-refractivity contribution in [1.29, 1.82) is 0 Å². The van der Waals surface area contributed by atoms with Gasteiger partial charge >= 0.3 is 0 Å². The minimum atomic E-state index is 0.162. The molecule has 0 saturated carbocycles. The summed E-state index contributed by atoms with van der Waals surface area (Å²) in [5.74, 6) is 0. The van der Waals surface area contributed by atoms with Crippen LogP contribution in [0.2, 0.25) is 5.02 Å². The normalized spacial score (nSPS) is 11.5. The van der Waals surface area contributed by atoms with Crippen LogP contribution in [0.1, 0.15) is 5.69 Å². The second kappa shape index (κ2) is 4.82. The highest BCUT2D eigenvalue weighted by Crippen LogP contribution is 2.12. The Morgan fingerprint density at radius 2 is 2.25 bits per heavy atom. The van der Waals surface area contributed by atoms with E-state index in [0.29, 0.717) is 11.6 Å². The van der Waals surface area contributed by atoms with Gasteiger partial charge in [0.15, 0.2) is 0 Å². The van der Waals surface area contributed by atoms with Gasteiger partial charge in [0.2, 0.25) is 0 Å². The quantitative estimate of drug-likeness (QED) is 0.877. The molecule has 0 amide bonds. The second-order valence-corrected chi connectivity index (χ2v) is 4.24. The van der Waals surface area contributed by atoms with Crippen LogP contribution in [0.5, 0.6) is 0 Å². The summed E-state index contributed by atoms with van der Waals surface area (Å²) in [7, 11) is 1.95. The van der Waals surface area contributed by atoms with Gasteiger partial charge in [-0.05, 0) is 19.2 Å². The zero-order valence-corrected chi connectivity index (χ0v) is 9.85. The smallest absolute Gasteiger partial charge is 0.137 e. The van der Waals surface area contributed by atoms with Crippen molar-refractivity contribution in [3.63, 3.8) is 0 Å². The first-order valence-corrected chi connectivity index (χ1v) is 5.49. The zero-order chi connectivity index (χ0) is 11.5. The molecule has 16 heavy (non-hydrogen) atoms. The van der Waals surface area contributed by atoms with Gasteiger partial charge < -0.3 is 9.51 Å². The summed E-state index contributed by atoms with van der Waals surface area (Å²) in [6.07, 6.45) is 3.79. The zero-order valence-electron chi connectivity index (χ0n) is 9.10. The Balaban J connectivity index is 2.19. The van der Waals surface area contributed by atoms with Gasteiger partial charge in [0.05, 0.1) is 17.3 Å². The van der Waals surface area contributed by atoms with E-state index >= 15 is 0 Å². The van der Waals surface area contributed by atoms with Crippen molar-refractivity contribution in [2.75, 3.05) is 20.2 Å². The first-order chi connectivity index (χ1) is 7.69. The Hall–Kier alpha value is -1.10. The summed E-state index contributed by atoms with van der Waals surface area (Å²) in [6.45, 7) is 1.53. The molecule has 0 spiro atoms. The minimum absolute atomic E-state index is 0.162. The number of imidazole rings is 1. The number of likely N-dealkylation sites (N-methyl/N-ethyl adjacent to an activating group) is 1. The van der Waals surface area contributed by atoms with E-state index in [2.05, 4.69) is 4.98 Å². The highest BCUT2D eigenvalue weighted by molar-refractivity contribution is 6.30. The van der Waals surface area contributed by atoms with Gasteiger partial charge in [-0.2, -0.15) is 0 Å². The third-order valence-corrected chi connectivity index (χ3v) is 2.60. The number of nitrogens with zero attached hydrogens (tertiary/aromatic N) is 3. The highest BCUT2D eigenvalue weighted by Gasteiger charge is 2.04. The lowest BCUT2D eigenvalue weighted by molar-refractivity contribution is 0.216. The van der Waals surface area contributed by atoms with Crippen LogP contribution in [-0.2, 0) is 6.54 Å². The fraction of sp³-hybridized carbons (Fsp3) is 0.364.